The lowest BCUT2D eigenvalue weighted by Gasteiger charge is -2.38. The molecule has 0 saturated carbocycles. The molecule has 2 nitrogen and oxygen atoms in total. The zero-order valence-electron chi connectivity index (χ0n) is 8.52. The van der Waals surface area contributed by atoms with E-state index in [0.29, 0.717) is 12.1 Å². The summed E-state index contributed by atoms with van der Waals surface area (Å²) in [6.07, 6.45) is 1.21. The predicted octanol–water partition coefficient (Wildman–Crippen LogP) is 1.97. The van der Waals surface area contributed by atoms with Gasteiger partial charge in [-0.2, -0.15) is 0 Å². The van der Waals surface area contributed by atoms with Gasteiger partial charge in [-0.3, -0.25) is 4.90 Å². The average molecular weight is 247 g/mol. The van der Waals surface area contributed by atoms with Crippen molar-refractivity contribution in [2.45, 2.75) is 32.4 Å². The van der Waals surface area contributed by atoms with Crippen LogP contribution in [0.15, 0.2) is 11.1 Å². The van der Waals surface area contributed by atoms with Gasteiger partial charge < -0.3 is 5.32 Å². The van der Waals surface area contributed by atoms with E-state index in [1.54, 1.807) is 0 Å². The second kappa shape index (κ2) is 5.13. The van der Waals surface area contributed by atoms with Crippen LogP contribution in [0.3, 0.4) is 0 Å². The molecule has 2 atom stereocenters. The quantitative estimate of drug-likeness (QED) is 0.820. The third-order valence-corrected chi connectivity index (χ3v) is 2.82. The van der Waals surface area contributed by atoms with Gasteiger partial charge in [-0.15, -0.1) is 0 Å². The van der Waals surface area contributed by atoms with Gasteiger partial charge in [0, 0.05) is 36.2 Å². The molecule has 0 aromatic rings. The van der Waals surface area contributed by atoms with Crippen LogP contribution in [0, 0.1) is 0 Å². The molecule has 13 heavy (non-hydrogen) atoms. The molecule has 0 radical (unpaired) electrons. The lowest BCUT2D eigenvalue weighted by Crippen LogP contribution is -2.55. The van der Waals surface area contributed by atoms with Crippen LogP contribution >= 0.6 is 15.9 Å². The Balaban J connectivity index is 2.49. The standard InChI is InChI=1S/C10H19BrN2/c1-4-10-5-12-9(3)7-13(10)6-8(2)11/h9-10,12H,2,4-7H2,1,3H3. The fourth-order valence-electron chi connectivity index (χ4n) is 1.85. The topological polar surface area (TPSA) is 15.3 Å². The van der Waals surface area contributed by atoms with Crippen LogP contribution in [-0.2, 0) is 0 Å². The van der Waals surface area contributed by atoms with Gasteiger partial charge in [0.05, 0.1) is 0 Å². The third-order valence-electron chi connectivity index (χ3n) is 2.57. The summed E-state index contributed by atoms with van der Waals surface area (Å²) in [6.45, 7) is 11.6. The van der Waals surface area contributed by atoms with E-state index in [-0.39, 0.29) is 0 Å². The van der Waals surface area contributed by atoms with Crippen molar-refractivity contribution in [1.82, 2.24) is 10.2 Å². The molecule has 76 valence electrons. The first-order valence-electron chi connectivity index (χ1n) is 4.94. The van der Waals surface area contributed by atoms with Crippen LogP contribution in [-0.4, -0.2) is 36.6 Å². The van der Waals surface area contributed by atoms with Crippen molar-refractivity contribution < 1.29 is 0 Å². The maximum absolute atomic E-state index is 3.90. The largest absolute Gasteiger partial charge is 0.311 e. The maximum Gasteiger partial charge on any atom is 0.0298 e. The molecule has 1 fully saturated rings. The average Bonchev–Trinajstić information content (AvgIpc) is 2.03. The highest BCUT2D eigenvalue weighted by molar-refractivity contribution is 9.11. The monoisotopic (exact) mass is 246 g/mol. The molecule has 0 aliphatic carbocycles. The zero-order chi connectivity index (χ0) is 9.84. The van der Waals surface area contributed by atoms with Crippen LogP contribution in [0.25, 0.3) is 0 Å². The number of nitrogens with one attached hydrogen (secondary N) is 1. The van der Waals surface area contributed by atoms with Crippen molar-refractivity contribution in [2.24, 2.45) is 0 Å². The number of hydrogen-bond donors (Lipinski definition) is 1. The van der Waals surface area contributed by atoms with Crippen molar-refractivity contribution in [3.63, 3.8) is 0 Å². The molecule has 1 rings (SSSR count). The second-order valence-corrected chi connectivity index (χ2v) is 4.94. The van der Waals surface area contributed by atoms with E-state index in [1.807, 2.05) is 0 Å². The Hall–Kier alpha value is 0.140. The number of halogens is 1. The highest BCUT2D eigenvalue weighted by atomic mass is 79.9. The van der Waals surface area contributed by atoms with Crippen LogP contribution in [0.2, 0.25) is 0 Å². The van der Waals surface area contributed by atoms with Crippen LogP contribution in [0.1, 0.15) is 20.3 Å². The van der Waals surface area contributed by atoms with E-state index in [0.717, 1.165) is 24.1 Å². The van der Waals surface area contributed by atoms with E-state index in [9.17, 15) is 0 Å². The van der Waals surface area contributed by atoms with Crippen molar-refractivity contribution in [3.05, 3.63) is 11.1 Å². The van der Waals surface area contributed by atoms with Gasteiger partial charge in [0.25, 0.3) is 0 Å². The van der Waals surface area contributed by atoms with Crippen LogP contribution < -0.4 is 5.32 Å². The van der Waals surface area contributed by atoms with Crippen molar-refractivity contribution in [2.75, 3.05) is 19.6 Å². The van der Waals surface area contributed by atoms with E-state index in [2.05, 4.69) is 46.6 Å². The van der Waals surface area contributed by atoms with Gasteiger partial charge in [-0.1, -0.05) is 29.4 Å². The molecular weight excluding hydrogens is 228 g/mol. The first-order chi connectivity index (χ1) is 6.13. The van der Waals surface area contributed by atoms with Crippen LogP contribution in [0.5, 0.6) is 0 Å². The Morgan fingerprint density at radius 3 is 2.92 bits per heavy atom. The first-order valence-corrected chi connectivity index (χ1v) is 5.73. The van der Waals surface area contributed by atoms with E-state index in [4.69, 9.17) is 0 Å². The minimum Gasteiger partial charge on any atom is -0.311 e. The van der Waals surface area contributed by atoms with E-state index in [1.165, 1.54) is 6.42 Å². The Labute approximate surface area is 89.5 Å². The summed E-state index contributed by atoms with van der Waals surface area (Å²) in [6, 6.07) is 1.28. The normalized spacial score (nSPS) is 30.4. The lowest BCUT2D eigenvalue weighted by atomic mass is 10.1. The summed E-state index contributed by atoms with van der Waals surface area (Å²) in [4.78, 5) is 2.50. The van der Waals surface area contributed by atoms with E-state index < -0.39 is 0 Å². The van der Waals surface area contributed by atoms with Crippen LogP contribution in [0.4, 0.5) is 0 Å². The molecule has 1 aliphatic rings. The Morgan fingerprint density at radius 1 is 1.69 bits per heavy atom. The minimum atomic E-state index is 0.606. The molecule has 0 spiro atoms. The molecule has 0 bridgehead atoms. The van der Waals surface area contributed by atoms with Gasteiger partial charge in [-0.25, -0.2) is 0 Å². The first kappa shape index (κ1) is 11.2. The lowest BCUT2D eigenvalue weighted by molar-refractivity contribution is 0.146. The summed E-state index contributed by atoms with van der Waals surface area (Å²) in [7, 11) is 0. The highest BCUT2D eigenvalue weighted by Crippen LogP contribution is 2.14. The fourth-order valence-corrected chi connectivity index (χ4v) is 2.17. The SMILES string of the molecule is C=C(Br)CN1CC(C)NCC1CC. The molecule has 1 heterocycles. The zero-order valence-corrected chi connectivity index (χ0v) is 10.1. The molecule has 1 aliphatic heterocycles. The van der Waals surface area contributed by atoms with Gasteiger partial charge in [0.2, 0.25) is 0 Å². The second-order valence-electron chi connectivity index (χ2n) is 3.82. The molecule has 2 unspecified atom stereocenters. The van der Waals surface area contributed by atoms with Gasteiger partial charge in [0.15, 0.2) is 0 Å². The highest BCUT2D eigenvalue weighted by Gasteiger charge is 2.23. The van der Waals surface area contributed by atoms with Gasteiger partial charge >= 0.3 is 0 Å². The van der Waals surface area contributed by atoms with Crippen molar-refractivity contribution >= 4 is 15.9 Å². The molecule has 0 aromatic carbocycles. The Kier molecular flexibility index (Phi) is 4.42. The fraction of sp³-hybridized carbons (Fsp3) is 0.800. The number of rotatable bonds is 3. The Morgan fingerprint density at radius 2 is 2.38 bits per heavy atom. The summed E-state index contributed by atoms with van der Waals surface area (Å²) < 4.78 is 1.08. The number of hydrogen-bond acceptors (Lipinski definition) is 2. The van der Waals surface area contributed by atoms with E-state index >= 15 is 0 Å². The number of piperazine rings is 1. The summed E-state index contributed by atoms with van der Waals surface area (Å²) >= 11 is 3.43. The van der Waals surface area contributed by atoms with Crippen molar-refractivity contribution in [3.8, 4) is 0 Å². The van der Waals surface area contributed by atoms with Gasteiger partial charge in [0.1, 0.15) is 0 Å². The smallest absolute Gasteiger partial charge is 0.0298 e. The summed E-state index contributed by atoms with van der Waals surface area (Å²) in [5.41, 5.74) is 0. The molecule has 1 N–H and O–H groups in total. The Bertz CT molecular complexity index is 182. The minimum absolute atomic E-state index is 0.606. The van der Waals surface area contributed by atoms with Crippen molar-refractivity contribution in [1.29, 1.82) is 0 Å². The molecular formula is C10H19BrN2. The maximum atomic E-state index is 3.90. The molecule has 1 saturated heterocycles. The molecule has 0 amide bonds. The summed E-state index contributed by atoms with van der Waals surface area (Å²) in [5.74, 6) is 0. The summed E-state index contributed by atoms with van der Waals surface area (Å²) in [5, 5.41) is 3.50. The van der Waals surface area contributed by atoms with Gasteiger partial charge in [-0.05, 0) is 13.3 Å². The molecule has 3 heteroatoms. The number of nitrogens with zero attached hydrogens (tertiary/aromatic N) is 1. The third kappa shape index (κ3) is 3.41. The molecule has 0 aromatic heterocycles. The predicted molar refractivity (Wildman–Crippen MR) is 61.2 cm³/mol.